The van der Waals surface area contributed by atoms with E-state index < -0.39 is 12.5 Å². The van der Waals surface area contributed by atoms with Gasteiger partial charge >= 0.3 is 6.61 Å². The number of hydrogen-bond acceptors (Lipinski definition) is 3. The van der Waals surface area contributed by atoms with Crippen LogP contribution < -0.4 is 10.1 Å². The van der Waals surface area contributed by atoms with E-state index >= 15 is 0 Å². The van der Waals surface area contributed by atoms with Gasteiger partial charge < -0.3 is 10.1 Å². The topological polar surface area (TPSA) is 62.1 Å². The first-order chi connectivity index (χ1) is 8.43. The van der Waals surface area contributed by atoms with E-state index in [0.29, 0.717) is 14.6 Å². The molecule has 0 heterocycles. The molecule has 0 fully saturated rings. The second-order valence-electron chi connectivity index (χ2n) is 3.02. The van der Waals surface area contributed by atoms with Crippen LogP contribution in [-0.4, -0.2) is 12.5 Å². The van der Waals surface area contributed by atoms with Crippen LogP contribution in [0.2, 0.25) is 0 Å². The Hall–Kier alpha value is -1.20. The third-order valence-corrected chi connectivity index (χ3v) is 3.00. The minimum absolute atomic E-state index is 0.0537. The fraction of sp³-hybridized carbons (Fsp3) is 0.200. The molecule has 18 heavy (non-hydrogen) atoms. The predicted molar refractivity (Wildman–Crippen MR) is 67.3 cm³/mol. The van der Waals surface area contributed by atoms with Crippen LogP contribution in [0.3, 0.4) is 0 Å². The van der Waals surface area contributed by atoms with Gasteiger partial charge in [-0.05, 0) is 44.0 Å². The van der Waals surface area contributed by atoms with Gasteiger partial charge in [-0.25, -0.2) is 0 Å². The smallest absolute Gasteiger partial charge is 0.387 e. The second-order valence-corrected chi connectivity index (χ2v) is 4.73. The monoisotopic (exact) mass is 382 g/mol. The van der Waals surface area contributed by atoms with Gasteiger partial charge in [0.2, 0.25) is 5.91 Å². The normalized spacial score (nSPS) is 10.0. The summed E-state index contributed by atoms with van der Waals surface area (Å²) in [5.41, 5.74) is 0.344. The number of carbonyl (C=O) groups is 1. The quantitative estimate of drug-likeness (QED) is 0.862. The number of amides is 1. The van der Waals surface area contributed by atoms with Crippen LogP contribution in [-0.2, 0) is 4.79 Å². The number of nitrogens with one attached hydrogen (secondary N) is 1. The molecule has 0 bridgehead atoms. The summed E-state index contributed by atoms with van der Waals surface area (Å²) in [4.78, 5) is 11.3. The van der Waals surface area contributed by atoms with E-state index in [1.54, 1.807) is 6.07 Å². The van der Waals surface area contributed by atoms with Crippen LogP contribution in [0.25, 0.3) is 0 Å². The van der Waals surface area contributed by atoms with E-state index in [1.165, 1.54) is 12.1 Å². The zero-order valence-corrected chi connectivity index (χ0v) is 11.9. The maximum atomic E-state index is 12.0. The molecule has 8 heteroatoms. The van der Waals surface area contributed by atoms with Crippen LogP contribution in [0.5, 0.6) is 5.75 Å². The number of rotatable bonds is 4. The molecule has 0 aromatic heterocycles. The summed E-state index contributed by atoms with van der Waals surface area (Å²) in [6.07, 6.45) is -0.297. The Labute approximate surface area is 118 Å². The molecule has 1 aromatic rings. The molecule has 0 aliphatic heterocycles. The molecular formula is C10H6Br2F2N2O2. The lowest BCUT2D eigenvalue weighted by Crippen LogP contribution is -2.11. The van der Waals surface area contributed by atoms with Gasteiger partial charge in [0.05, 0.1) is 11.8 Å². The second kappa shape index (κ2) is 6.66. The molecule has 1 rings (SSSR count). The third kappa shape index (κ3) is 4.23. The number of hydrogen-bond donors (Lipinski definition) is 1. The van der Waals surface area contributed by atoms with Crippen LogP contribution in [0.15, 0.2) is 21.1 Å². The highest BCUT2D eigenvalue weighted by Gasteiger charge is 2.13. The fourth-order valence-corrected chi connectivity index (χ4v) is 2.44. The molecular weight excluding hydrogens is 378 g/mol. The Balaban J connectivity index is 2.95. The van der Waals surface area contributed by atoms with Gasteiger partial charge in [0.25, 0.3) is 0 Å². The standard InChI is InChI=1S/C10H6Br2F2N2O2/c11-6-3-5(18-10(13)14)4-7(12)9(6)16-8(17)1-2-15/h3-4,10H,1H2,(H,16,17). The third-order valence-electron chi connectivity index (χ3n) is 1.74. The molecule has 0 spiro atoms. The molecule has 0 saturated heterocycles. The van der Waals surface area contributed by atoms with Gasteiger partial charge in [-0.3, -0.25) is 4.79 Å². The van der Waals surface area contributed by atoms with Crippen LogP contribution in [0, 0.1) is 11.3 Å². The molecule has 96 valence electrons. The van der Waals surface area contributed by atoms with E-state index in [9.17, 15) is 13.6 Å². The molecule has 0 aliphatic rings. The highest BCUT2D eigenvalue weighted by molar-refractivity contribution is 9.11. The van der Waals surface area contributed by atoms with Crippen molar-refractivity contribution in [1.29, 1.82) is 5.26 Å². The molecule has 0 radical (unpaired) electrons. The minimum Gasteiger partial charge on any atom is -0.435 e. The van der Waals surface area contributed by atoms with E-state index in [1.807, 2.05) is 0 Å². The van der Waals surface area contributed by atoms with Gasteiger partial charge in [0.15, 0.2) is 0 Å². The SMILES string of the molecule is N#CCC(=O)Nc1c(Br)cc(OC(F)F)cc1Br. The predicted octanol–water partition coefficient (Wildman–Crippen LogP) is 3.67. The molecule has 0 unspecified atom stereocenters. The summed E-state index contributed by atoms with van der Waals surface area (Å²) in [6.45, 7) is -2.93. The van der Waals surface area contributed by atoms with Crippen molar-refractivity contribution in [3.8, 4) is 11.8 Å². The average molecular weight is 384 g/mol. The van der Waals surface area contributed by atoms with Gasteiger partial charge in [-0.1, -0.05) is 0 Å². The molecule has 0 saturated carbocycles. The van der Waals surface area contributed by atoms with Crippen molar-refractivity contribution in [2.24, 2.45) is 0 Å². The Morgan fingerprint density at radius 1 is 1.44 bits per heavy atom. The lowest BCUT2D eigenvalue weighted by atomic mass is 10.3. The maximum Gasteiger partial charge on any atom is 0.387 e. The Bertz CT molecular complexity index is 480. The lowest BCUT2D eigenvalue weighted by Gasteiger charge is -2.11. The zero-order valence-electron chi connectivity index (χ0n) is 8.71. The van der Waals surface area contributed by atoms with Crippen molar-refractivity contribution in [2.45, 2.75) is 13.0 Å². The van der Waals surface area contributed by atoms with Crippen LogP contribution in [0.4, 0.5) is 14.5 Å². The van der Waals surface area contributed by atoms with Gasteiger partial charge in [0, 0.05) is 8.95 Å². The van der Waals surface area contributed by atoms with Gasteiger partial charge in [-0.15, -0.1) is 0 Å². The number of benzene rings is 1. The van der Waals surface area contributed by atoms with E-state index in [4.69, 9.17) is 5.26 Å². The van der Waals surface area contributed by atoms with Crippen molar-refractivity contribution < 1.29 is 18.3 Å². The van der Waals surface area contributed by atoms with Crippen molar-refractivity contribution in [1.82, 2.24) is 0 Å². The first kappa shape index (κ1) is 14.9. The summed E-state index contributed by atoms with van der Waals surface area (Å²) in [7, 11) is 0. The number of ether oxygens (including phenoxy) is 1. The highest BCUT2D eigenvalue weighted by atomic mass is 79.9. The van der Waals surface area contributed by atoms with E-state index in [2.05, 4.69) is 41.9 Å². The van der Waals surface area contributed by atoms with E-state index in [-0.39, 0.29) is 12.2 Å². The van der Waals surface area contributed by atoms with Gasteiger partial charge in [-0.2, -0.15) is 14.0 Å². The van der Waals surface area contributed by atoms with Gasteiger partial charge in [0.1, 0.15) is 12.2 Å². The first-order valence-corrected chi connectivity index (χ1v) is 6.13. The number of anilines is 1. The largest absolute Gasteiger partial charge is 0.435 e. The molecule has 1 N–H and O–H groups in total. The Morgan fingerprint density at radius 2 is 2.00 bits per heavy atom. The molecule has 4 nitrogen and oxygen atoms in total. The number of alkyl halides is 2. The Kier molecular flexibility index (Phi) is 5.50. The number of nitrogens with zero attached hydrogens (tertiary/aromatic N) is 1. The van der Waals surface area contributed by atoms with Crippen LogP contribution in [0.1, 0.15) is 6.42 Å². The van der Waals surface area contributed by atoms with Crippen molar-refractivity contribution in [2.75, 3.05) is 5.32 Å². The van der Waals surface area contributed by atoms with Crippen molar-refractivity contribution in [3.63, 3.8) is 0 Å². The lowest BCUT2D eigenvalue weighted by molar-refractivity contribution is -0.115. The minimum atomic E-state index is -2.93. The number of nitriles is 1. The Morgan fingerprint density at radius 3 is 2.44 bits per heavy atom. The molecule has 1 aromatic carbocycles. The zero-order chi connectivity index (χ0) is 13.7. The summed E-state index contributed by atoms with van der Waals surface area (Å²) < 4.78 is 29.0. The summed E-state index contributed by atoms with van der Waals surface area (Å²) in [5.74, 6) is -0.552. The molecule has 0 atom stereocenters. The molecule has 0 aliphatic carbocycles. The van der Waals surface area contributed by atoms with Crippen LogP contribution >= 0.6 is 31.9 Å². The first-order valence-electron chi connectivity index (χ1n) is 4.54. The van der Waals surface area contributed by atoms with E-state index in [0.717, 1.165) is 0 Å². The summed E-state index contributed by atoms with van der Waals surface area (Å²) in [5, 5.41) is 10.8. The van der Waals surface area contributed by atoms with Crippen molar-refractivity contribution >= 4 is 43.5 Å². The highest BCUT2D eigenvalue weighted by Crippen LogP contribution is 2.35. The maximum absolute atomic E-state index is 12.0. The summed E-state index contributed by atoms with van der Waals surface area (Å²) in [6, 6.07) is 4.28. The number of halogens is 4. The van der Waals surface area contributed by atoms with Crippen molar-refractivity contribution in [3.05, 3.63) is 21.1 Å². The number of carbonyl (C=O) groups excluding carboxylic acids is 1. The average Bonchev–Trinajstić information content (AvgIpc) is 2.23. The molecule has 1 amide bonds. The fourth-order valence-electron chi connectivity index (χ4n) is 1.10. The summed E-state index contributed by atoms with van der Waals surface area (Å²) >= 11 is 6.23.